The van der Waals surface area contributed by atoms with E-state index in [1.54, 1.807) is 36.4 Å². The quantitative estimate of drug-likeness (QED) is 0.516. The fourth-order valence-corrected chi connectivity index (χ4v) is 4.73. The third-order valence-electron chi connectivity index (χ3n) is 6.48. The van der Waals surface area contributed by atoms with Crippen LogP contribution in [0.4, 0.5) is 4.79 Å². The second-order valence-electron chi connectivity index (χ2n) is 8.47. The van der Waals surface area contributed by atoms with Gasteiger partial charge in [0.2, 0.25) is 0 Å². The molecule has 0 radical (unpaired) electrons. The lowest BCUT2D eigenvalue weighted by atomic mass is 9.87. The van der Waals surface area contributed by atoms with Crippen molar-refractivity contribution in [2.75, 3.05) is 6.54 Å². The van der Waals surface area contributed by atoms with Gasteiger partial charge in [-0.05, 0) is 41.8 Å². The van der Waals surface area contributed by atoms with Gasteiger partial charge in [0.1, 0.15) is 23.9 Å². The van der Waals surface area contributed by atoms with Gasteiger partial charge >= 0.3 is 6.03 Å². The number of carbonyl (C=O) groups excluding carboxylic acids is 3. The predicted molar refractivity (Wildman–Crippen MR) is 130 cm³/mol. The summed E-state index contributed by atoms with van der Waals surface area (Å²) in [6.07, 6.45) is 2.30. The molecule has 2 aliphatic heterocycles. The first-order chi connectivity index (χ1) is 16.9. The van der Waals surface area contributed by atoms with Crippen molar-refractivity contribution in [1.82, 2.24) is 15.2 Å². The molecule has 1 N–H and O–H groups in total. The summed E-state index contributed by atoms with van der Waals surface area (Å²) in [6.45, 7) is 1.39. The van der Waals surface area contributed by atoms with E-state index in [0.717, 1.165) is 10.5 Å². The molecule has 3 heterocycles. The van der Waals surface area contributed by atoms with E-state index in [1.807, 2.05) is 37.3 Å². The van der Waals surface area contributed by atoms with E-state index in [4.69, 9.17) is 16.0 Å². The molecule has 0 aliphatic carbocycles. The van der Waals surface area contributed by atoms with E-state index in [2.05, 4.69) is 10.4 Å². The van der Waals surface area contributed by atoms with Crippen molar-refractivity contribution in [2.45, 2.75) is 31.3 Å². The van der Waals surface area contributed by atoms with E-state index in [1.165, 1.54) is 11.3 Å². The Kier molecular flexibility index (Phi) is 5.90. The highest BCUT2D eigenvalue weighted by Gasteiger charge is 2.52. The number of nitrogens with one attached hydrogen (secondary N) is 1. The minimum absolute atomic E-state index is 0.351. The fourth-order valence-electron chi connectivity index (χ4n) is 4.60. The smallest absolute Gasteiger partial charge is 0.325 e. The molecule has 0 unspecified atom stereocenters. The lowest BCUT2D eigenvalue weighted by molar-refractivity contribution is -0.140. The van der Waals surface area contributed by atoms with Crippen LogP contribution in [0.25, 0.3) is 0 Å². The Bertz CT molecular complexity index is 1290. The van der Waals surface area contributed by atoms with Crippen LogP contribution in [0.5, 0.6) is 0 Å². The number of urea groups is 1. The van der Waals surface area contributed by atoms with Crippen molar-refractivity contribution < 1.29 is 18.8 Å². The van der Waals surface area contributed by atoms with Gasteiger partial charge in [-0.3, -0.25) is 14.5 Å². The molecular weight excluding hydrogens is 468 g/mol. The van der Waals surface area contributed by atoms with Gasteiger partial charge in [0.15, 0.2) is 0 Å². The van der Waals surface area contributed by atoms with Crippen molar-refractivity contribution in [3.8, 4) is 0 Å². The van der Waals surface area contributed by atoms with Crippen LogP contribution in [0.1, 0.15) is 42.7 Å². The zero-order chi connectivity index (χ0) is 24.6. The average Bonchev–Trinajstić information content (AvgIpc) is 3.61. The molecule has 2 atom stereocenters. The third-order valence-corrected chi connectivity index (χ3v) is 6.73. The van der Waals surface area contributed by atoms with Crippen LogP contribution < -0.4 is 5.32 Å². The highest BCUT2D eigenvalue weighted by molar-refractivity contribution is 6.30. The van der Waals surface area contributed by atoms with E-state index in [9.17, 15) is 14.4 Å². The van der Waals surface area contributed by atoms with Gasteiger partial charge in [-0.2, -0.15) is 5.10 Å². The van der Waals surface area contributed by atoms with E-state index >= 15 is 0 Å². The summed E-state index contributed by atoms with van der Waals surface area (Å²) in [5.74, 6) is -0.380. The van der Waals surface area contributed by atoms with E-state index in [-0.39, 0.29) is 0 Å². The first-order valence-electron chi connectivity index (χ1n) is 11.3. The zero-order valence-corrected chi connectivity index (χ0v) is 19.7. The molecular formula is C26H23ClN4O4. The second-order valence-corrected chi connectivity index (χ2v) is 8.91. The number of furan rings is 1. The lowest BCUT2D eigenvalue weighted by Gasteiger charge is -2.26. The van der Waals surface area contributed by atoms with Gasteiger partial charge in [0.05, 0.1) is 12.0 Å². The number of carbonyl (C=O) groups is 3. The summed E-state index contributed by atoms with van der Waals surface area (Å²) >= 11 is 6.01. The van der Waals surface area contributed by atoms with Crippen LogP contribution in [-0.2, 0) is 15.1 Å². The predicted octanol–water partition coefficient (Wildman–Crippen LogP) is 4.47. The summed E-state index contributed by atoms with van der Waals surface area (Å²) < 4.78 is 5.57. The summed E-state index contributed by atoms with van der Waals surface area (Å²) in [6, 6.07) is 18.7. The Balaban J connectivity index is 1.42. The molecule has 4 amide bonds. The number of benzene rings is 2. The molecule has 2 aliphatic rings. The van der Waals surface area contributed by atoms with Crippen molar-refractivity contribution >= 4 is 35.2 Å². The molecule has 0 saturated carbocycles. The Morgan fingerprint density at radius 3 is 2.51 bits per heavy atom. The molecule has 35 heavy (non-hydrogen) atoms. The normalized spacial score (nSPS) is 21.9. The minimum Gasteiger partial charge on any atom is -0.467 e. The number of hydrazone groups is 1. The molecule has 5 rings (SSSR count). The first-order valence-corrected chi connectivity index (χ1v) is 11.7. The van der Waals surface area contributed by atoms with Gasteiger partial charge in [0.25, 0.3) is 11.8 Å². The van der Waals surface area contributed by atoms with Gasteiger partial charge < -0.3 is 9.73 Å². The SMILES string of the molecule is CC[C@@]1(c2ccccc2)NC(=O)N(CC(=O)N2N=C(c3ccc(Cl)cc3)C[C@H]2c2ccco2)C1=O. The molecule has 3 aromatic rings. The van der Waals surface area contributed by atoms with Gasteiger partial charge in [-0.25, -0.2) is 9.80 Å². The molecule has 1 fully saturated rings. The van der Waals surface area contributed by atoms with Crippen molar-refractivity contribution in [2.24, 2.45) is 5.10 Å². The number of nitrogens with zero attached hydrogens (tertiary/aromatic N) is 3. The van der Waals surface area contributed by atoms with Crippen LogP contribution in [0.15, 0.2) is 82.5 Å². The van der Waals surface area contributed by atoms with Crippen LogP contribution in [0, 0.1) is 0 Å². The number of halogens is 1. The van der Waals surface area contributed by atoms with Crippen molar-refractivity contribution in [3.63, 3.8) is 0 Å². The molecule has 1 aromatic heterocycles. The van der Waals surface area contributed by atoms with E-state index < -0.39 is 36.0 Å². The third kappa shape index (κ3) is 4.00. The maximum absolute atomic E-state index is 13.5. The monoisotopic (exact) mass is 490 g/mol. The molecule has 1 saturated heterocycles. The Labute approximate surface area is 207 Å². The number of amides is 4. The molecule has 2 aromatic carbocycles. The van der Waals surface area contributed by atoms with Crippen LogP contribution in [-0.4, -0.2) is 40.0 Å². The fraction of sp³-hybridized carbons (Fsp3) is 0.231. The largest absolute Gasteiger partial charge is 0.467 e. The second kappa shape index (κ2) is 9.03. The number of imide groups is 1. The summed E-state index contributed by atoms with van der Waals surface area (Å²) in [7, 11) is 0. The summed E-state index contributed by atoms with van der Waals surface area (Å²) in [5, 5.41) is 9.27. The van der Waals surface area contributed by atoms with Crippen LogP contribution in [0.3, 0.4) is 0 Å². The summed E-state index contributed by atoms with van der Waals surface area (Å²) in [5.41, 5.74) is 0.974. The standard InChI is InChI=1S/C26H23ClN4O4/c1-2-26(18-7-4-3-5-8-18)24(33)30(25(34)28-26)16-23(32)31-21(22-9-6-14-35-22)15-20(29-31)17-10-12-19(27)13-11-17/h3-14,21H,2,15-16H2,1H3,(H,28,34)/t21-,26-/m0/s1. The van der Waals surface area contributed by atoms with E-state index in [0.29, 0.717) is 34.9 Å². The first kappa shape index (κ1) is 22.9. The zero-order valence-electron chi connectivity index (χ0n) is 19.0. The number of hydrogen-bond donors (Lipinski definition) is 1. The maximum atomic E-state index is 13.5. The van der Waals surface area contributed by atoms with Crippen molar-refractivity contribution in [1.29, 1.82) is 0 Å². The molecule has 178 valence electrons. The maximum Gasteiger partial charge on any atom is 0.325 e. The van der Waals surface area contributed by atoms with Crippen molar-refractivity contribution in [3.05, 3.63) is 94.9 Å². The van der Waals surface area contributed by atoms with Crippen LogP contribution in [0.2, 0.25) is 5.02 Å². The number of rotatable bonds is 6. The molecule has 0 bridgehead atoms. The topological polar surface area (TPSA) is 95.2 Å². The van der Waals surface area contributed by atoms with Gasteiger partial charge in [-0.15, -0.1) is 0 Å². The Hall–Kier alpha value is -3.91. The summed E-state index contributed by atoms with van der Waals surface area (Å²) in [4.78, 5) is 40.7. The molecule has 0 spiro atoms. The van der Waals surface area contributed by atoms with Gasteiger partial charge in [-0.1, -0.05) is 61.0 Å². The lowest BCUT2D eigenvalue weighted by Crippen LogP contribution is -2.45. The molecule has 9 heteroatoms. The Morgan fingerprint density at radius 1 is 1.11 bits per heavy atom. The van der Waals surface area contributed by atoms with Crippen LogP contribution >= 0.6 is 11.6 Å². The minimum atomic E-state index is -1.21. The Morgan fingerprint density at radius 2 is 1.86 bits per heavy atom. The highest BCUT2D eigenvalue weighted by atomic mass is 35.5. The highest BCUT2D eigenvalue weighted by Crippen LogP contribution is 2.35. The average molecular weight is 491 g/mol. The van der Waals surface area contributed by atoms with Gasteiger partial charge in [0, 0.05) is 11.4 Å². The molecule has 8 nitrogen and oxygen atoms in total. The number of hydrogen-bond acceptors (Lipinski definition) is 5.